The van der Waals surface area contributed by atoms with Crippen LogP contribution in [0.25, 0.3) is 0 Å². The molecular weight excluding hydrogens is 342 g/mol. The smallest absolute Gasteiger partial charge is 0.236 e. The molecule has 0 spiro atoms. The van der Waals surface area contributed by atoms with Crippen molar-refractivity contribution >= 4 is 17.5 Å². The summed E-state index contributed by atoms with van der Waals surface area (Å²) in [6.07, 6.45) is 1.03. The van der Waals surface area contributed by atoms with Crippen molar-refractivity contribution in [1.82, 2.24) is 5.32 Å². The lowest BCUT2D eigenvalue weighted by Gasteiger charge is -2.09. The van der Waals surface area contributed by atoms with Crippen LogP contribution in [0.5, 0.6) is 5.75 Å². The molecule has 0 fully saturated rings. The largest absolute Gasteiger partial charge is 0.494 e. The Labute approximate surface area is 160 Å². The number of amides is 2. The quantitative estimate of drug-likeness (QED) is 0.593. The third-order valence-corrected chi connectivity index (χ3v) is 3.96. The second-order valence-corrected chi connectivity index (χ2v) is 6.52. The fourth-order valence-electron chi connectivity index (χ4n) is 2.34. The molecule has 0 bridgehead atoms. The number of hydrogen-bond donors (Lipinski definition) is 3. The molecule has 27 heavy (non-hydrogen) atoms. The summed E-state index contributed by atoms with van der Waals surface area (Å²) in [7, 11) is 0. The van der Waals surface area contributed by atoms with Crippen LogP contribution in [0.3, 0.4) is 0 Å². The van der Waals surface area contributed by atoms with Crippen molar-refractivity contribution in [2.75, 3.05) is 11.9 Å². The molecule has 4 N–H and O–H groups in total. The SMILES string of the molecule is Cc1ccc(OCCCC(=O)Nc2ccc(CNC(=O)[C@H](C)N)cc2)cc1. The zero-order chi connectivity index (χ0) is 19.6. The lowest BCUT2D eigenvalue weighted by Crippen LogP contribution is -2.37. The molecule has 2 amide bonds. The first-order valence-electron chi connectivity index (χ1n) is 9.05. The summed E-state index contributed by atoms with van der Waals surface area (Å²) in [5, 5.41) is 5.60. The first kappa shape index (κ1) is 20.5. The van der Waals surface area contributed by atoms with Crippen molar-refractivity contribution < 1.29 is 14.3 Å². The summed E-state index contributed by atoms with van der Waals surface area (Å²) in [4.78, 5) is 23.5. The number of aryl methyl sites for hydroxylation is 1. The molecule has 2 aromatic rings. The average molecular weight is 369 g/mol. The first-order valence-corrected chi connectivity index (χ1v) is 9.05. The van der Waals surface area contributed by atoms with Gasteiger partial charge in [0.2, 0.25) is 11.8 Å². The zero-order valence-electron chi connectivity index (χ0n) is 15.8. The summed E-state index contributed by atoms with van der Waals surface area (Å²) in [6, 6.07) is 14.7. The molecular formula is C21H27N3O3. The fourth-order valence-corrected chi connectivity index (χ4v) is 2.34. The molecule has 0 aliphatic rings. The number of nitrogens with one attached hydrogen (secondary N) is 2. The van der Waals surface area contributed by atoms with Gasteiger partial charge in [0.25, 0.3) is 0 Å². The van der Waals surface area contributed by atoms with E-state index in [1.807, 2.05) is 55.5 Å². The highest BCUT2D eigenvalue weighted by molar-refractivity contribution is 5.90. The molecule has 0 saturated carbocycles. The van der Waals surface area contributed by atoms with Gasteiger partial charge in [0.05, 0.1) is 12.6 Å². The Morgan fingerprint density at radius 2 is 1.74 bits per heavy atom. The van der Waals surface area contributed by atoms with Crippen LogP contribution in [0.2, 0.25) is 0 Å². The summed E-state index contributed by atoms with van der Waals surface area (Å²) in [6.45, 7) is 4.57. The Morgan fingerprint density at radius 1 is 1.07 bits per heavy atom. The van der Waals surface area contributed by atoms with Crippen molar-refractivity contribution in [2.24, 2.45) is 5.73 Å². The van der Waals surface area contributed by atoms with Gasteiger partial charge in [0, 0.05) is 18.7 Å². The van der Waals surface area contributed by atoms with Crippen LogP contribution in [0.4, 0.5) is 5.69 Å². The normalized spacial score (nSPS) is 11.5. The highest BCUT2D eigenvalue weighted by atomic mass is 16.5. The van der Waals surface area contributed by atoms with Crippen molar-refractivity contribution in [3.63, 3.8) is 0 Å². The second kappa shape index (κ2) is 10.3. The molecule has 6 heteroatoms. The van der Waals surface area contributed by atoms with Gasteiger partial charge in [0.1, 0.15) is 5.75 Å². The number of ether oxygens (including phenoxy) is 1. The highest BCUT2D eigenvalue weighted by Gasteiger charge is 2.07. The van der Waals surface area contributed by atoms with E-state index >= 15 is 0 Å². The van der Waals surface area contributed by atoms with E-state index in [1.165, 1.54) is 5.56 Å². The van der Waals surface area contributed by atoms with Crippen LogP contribution >= 0.6 is 0 Å². The Bertz CT molecular complexity index is 740. The van der Waals surface area contributed by atoms with Crippen molar-refractivity contribution in [1.29, 1.82) is 0 Å². The van der Waals surface area contributed by atoms with E-state index in [4.69, 9.17) is 10.5 Å². The maximum Gasteiger partial charge on any atom is 0.236 e. The van der Waals surface area contributed by atoms with Gasteiger partial charge in [-0.05, 0) is 50.1 Å². The van der Waals surface area contributed by atoms with Crippen LogP contribution in [0, 0.1) is 6.92 Å². The number of benzene rings is 2. The van der Waals surface area contributed by atoms with Gasteiger partial charge in [-0.3, -0.25) is 9.59 Å². The summed E-state index contributed by atoms with van der Waals surface area (Å²) < 4.78 is 5.62. The lowest BCUT2D eigenvalue weighted by atomic mass is 10.2. The third-order valence-electron chi connectivity index (χ3n) is 3.96. The number of hydrogen-bond acceptors (Lipinski definition) is 4. The van der Waals surface area contributed by atoms with Gasteiger partial charge >= 0.3 is 0 Å². The molecule has 0 saturated heterocycles. The van der Waals surface area contributed by atoms with Gasteiger partial charge in [-0.15, -0.1) is 0 Å². The Kier molecular flexibility index (Phi) is 7.82. The number of carbonyl (C=O) groups is 2. The van der Waals surface area contributed by atoms with Gasteiger partial charge in [-0.1, -0.05) is 29.8 Å². The molecule has 0 aromatic heterocycles. The summed E-state index contributed by atoms with van der Waals surface area (Å²) in [5.41, 5.74) is 8.35. The minimum atomic E-state index is -0.529. The molecule has 0 radical (unpaired) electrons. The maximum absolute atomic E-state index is 12.0. The highest BCUT2D eigenvalue weighted by Crippen LogP contribution is 2.13. The maximum atomic E-state index is 12.0. The number of rotatable bonds is 9. The van der Waals surface area contributed by atoms with Gasteiger partial charge in [0.15, 0.2) is 0 Å². The Balaban J connectivity index is 1.67. The van der Waals surface area contributed by atoms with Crippen LogP contribution in [0.15, 0.2) is 48.5 Å². The molecule has 2 rings (SSSR count). The van der Waals surface area contributed by atoms with Crippen LogP contribution < -0.4 is 21.1 Å². The molecule has 144 valence electrons. The molecule has 0 unspecified atom stereocenters. The molecule has 2 aromatic carbocycles. The average Bonchev–Trinajstić information content (AvgIpc) is 2.65. The molecule has 6 nitrogen and oxygen atoms in total. The number of carbonyl (C=O) groups excluding carboxylic acids is 2. The van der Waals surface area contributed by atoms with E-state index in [1.54, 1.807) is 6.92 Å². The Morgan fingerprint density at radius 3 is 2.37 bits per heavy atom. The molecule has 1 atom stereocenters. The molecule has 0 aliphatic carbocycles. The van der Waals surface area contributed by atoms with E-state index in [0.717, 1.165) is 17.0 Å². The predicted molar refractivity (Wildman–Crippen MR) is 106 cm³/mol. The first-order chi connectivity index (χ1) is 12.9. The second-order valence-electron chi connectivity index (χ2n) is 6.52. The van der Waals surface area contributed by atoms with Gasteiger partial charge in [-0.2, -0.15) is 0 Å². The van der Waals surface area contributed by atoms with Crippen molar-refractivity contribution in [2.45, 2.75) is 39.3 Å². The lowest BCUT2D eigenvalue weighted by molar-refractivity contribution is -0.122. The van der Waals surface area contributed by atoms with E-state index in [9.17, 15) is 9.59 Å². The molecule has 0 heterocycles. The minimum absolute atomic E-state index is 0.0551. The van der Waals surface area contributed by atoms with Crippen molar-refractivity contribution in [3.8, 4) is 5.75 Å². The predicted octanol–water partition coefficient (Wildman–Crippen LogP) is 2.76. The third kappa shape index (κ3) is 7.50. The van der Waals surface area contributed by atoms with Crippen LogP contribution in [-0.2, 0) is 16.1 Å². The monoisotopic (exact) mass is 369 g/mol. The topological polar surface area (TPSA) is 93.5 Å². The Hall–Kier alpha value is -2.86. The van der Waals surface area contributed by atoms with E-state index in [2.05, 4.69) is 10.6 Å². The summed E-state index contributed by atoms with van der Waals surface area (Å²) in [5.74, 6) is 0.563. The fraction of sp³-hybridized carbons (Fsp3) is 0.333. The van der Waals surface area contributed by atoms with E-state index in [0.29, 0.717) is 26.0 Å². The van der Waals surface area contributed by atoms with Crippen LogP contribution in [-0.4, -0.2) is 24.5 Å². The van der Waals surface area contributed by atoms with Gasteiger partial charge in [-0.25, -0.2) is 0 Å². The summed E-state index contributed by atoms with van der Waals surface area (Å²) >= 11 is 0. The minimum Gasteiger partial charge on any atom is -0.494 e. The molecule has 0 aliphatic heterocycles. The number of nitrogens with two attached hydrogens (primary N) is 1. The van der Waals surface area contributed by atoms with Crippen LogP contribution in [0.1, 0.15) is 30.9 Å². The standard InChI is InChI=1S/C21H27N3O3/c1-15-5-11-19(12-6-15)27-13-3-4-20(25)24-18-9-7-17(8-10-18)14-23-21(26)16(2)22/h5-12,16H,3-4,13-14,22H2,1-2H3,(H,23,26)(H,24,25)/t16-/m0/s1. The number of anilines is 1. The van der Waals surface area contributed by atoms with E-state index in [-0.39, 0.29) is 11.8 Å². The zero-order valence-corrected chi connectivity index (χ0v) is 15.8. The van der Waals surface area contributed by atoms with Crippen molar-refractivity contribution in [3.05, 3.63) is 59.7 Å². The van der Waals surface area contributed by atoms with Gasteiger partial charge < -0.3 is 21.1 Å². The van der Waals surface area contributed by atoms with E-state index < -0.39 is 6.04 Å².